The summed E-state index contributed by atoms with van der Waals surface area (Å²) in [5.74, 6) is -0.162. The molecule has 0 bridgehead atoms. The molecule has 0 amide bonds. The minimum atomic E-state index is -0.120. The summed E-state index contributed by atoms with van der Waals surface area (Å²) in [5.41, 5.74) is 2.07. The van der Waals surface area contributed by atoms with Crippen molar-refractivity contribution in [3.05, 3.63) is 46.5 Å². The summed E-state index contributed by atoms with van der Waals surface area (Å²) < 4.78 is 0. The summed E-state index contributed by atoms with van der Waals surface area (Å²) in [6, 6.07) is 7.02. The van der Waals surface area contributed by atoms with E-state index in [9.17, 15) is 14.4 Å². The highest BCUT2D eigenvalue weighted by molar-refractivity contribution is 6.28. The van der Waals surface area contributed by atoms with E-state index in [4.69, 9.17) is 0 Å². The monoisotopic (exact) mass is 365 g/mol. The van der Waals surface area contributed by atoms with Crippen molar-refractivity contribution in [2.24, 2.45) is 5.92 Å². The Bertz CT molecular complexity index is 800. The lowest BCUT2D eigenvalue weighted by Gasteiger charge is -2.31. The predicted molar refractivity (Wildman–Crippen MR) is 104 cm³/mol. The second kappa shape index (κ2) is 7.89. The van der Waals surface area contributed by atoms with Crippen molar-refractivity contribution in [2.45, 2.75) is 51.4 Å². The van der Waals surface area contributed by atoms with E-state index in [1.807, 2.05) is 0 Å². The molecule has 1 aromatic carbocycles. The summed E-state index contributed by atoms with van der Waals surface area (Å²) in [5, 5.41) is 0. The van der Waals surface area contributed by atoms with E-state index in [2.05, 4.69) is 4.90 Å². The third-order valence-corrected chi connectivity index (χ3v) is 6.24. The maximum Gasteiger partial charge on any atom is 0.190 e. The molecule has 1 atom stereocenters. The molecule has 4 heteroatoms. The Morgan fingerprint density at radius 3 is 2.26 bits per heavy atom. The molecule has 4 nitrogen and oxygen atoms in total. The Morgan fingerprint density at radius 2 is 1.56 bits per heavy atom. The van der Waals surface area contributed by atoms with Crippen LogP contribution in [0.4, 0.5) is 0 Å². The second-order valence-corrected chi connectivity index (χ2v) is 8.11. The van der Waals surface area contributed by atoms with Crippen LogP contribution < -0.4 is 0 Å². The predicted octanol–water partition coefficient (Wildman–Crippen LogP) is 4.00. The van der Waals surface area contributed by atoms with Crippen molar-refractivity contribution >= 4 is 17.3 Å². The summed E-state index contributed by atoms with van der Waals surface area (Å²) in [4.78, 5) is 40.8. The lowest BCUT2D eigenvalue weighted by atomic mass is 9.71. The van der Waals surface area contributed by atoms with Crippen molar-refractivity contribution in [1.82, 2.24) is 4.90 Å². The van der Waals surface area contributed by atoms with Gasteiger partial charge in [0, 0.05) is 35.1 Å². The van der Waals surface area contributed by atoms with Gasteiger partial charge >= 0.3 is 0 Å². The highest BCUT2D eigenvalue weighted by Crippen LogP contribution is 2.39. The van der Waals surface area contributed by atoms with Crippen molar-refractivity contribution in [2.75, 3.05) is 19.6 Å². The molecule has 0 saturated carbocycles. The zero-order valence-electron chi connectivity index (χ0n) is 15.8. The fourth-order valence-corrected chi connectivity index (χ4v) is 4.87. The number of likely N-dealkylation sites (tertiary alicyclic amines) is 1. The highest BCUT2D eigenvalue weighted by Gasteiger charge is 2.39. The molecule has 1 aromatic rings. The van der Waals surface area contributed by atoms with Crippen LogP contribution in [0.5, 0.6) is 0 Å². The van der Waals surface area contributed by atoms with Crippen LogP contribution >= 0.6 is 0 Å². The fourth-order valence-electron chi connectivity index (χ4n) is 4.87. The van der Waals surface area contributed by atoms with Crippen LogP contribution in [0.3, 0.4) is 0 Å². The molecule has 1 heterocycles. The molecule has 2 aliphatic carbocycles. The van der Waals surface area contributed by atoms with E-state index in [1.54, 1.807) is 24.3 Å². The molecule has 142 valence electrons. The summed E-state index contributed by atoms with van der Waals surface area (Å²) >= 11 is 0. The Hall–Kier alpha value is -2.07. The van der Waals surface area contributed by atoms with Crippen LogP contribution in [-0.2, 0) is 4.79 Å². The number of nitrogens with zero attached hydrogens (tertiary/aromatic N) is 1. The number of hydrogen-bond acceptors (Lipinski definition) is 4. The molecule has 1 unspecified atom stereocenters. The topological polar surface area (TPSA) is 54.5 Å². The van der Waals surface area contributed by atoms with Crippen molar-refractivity contribution in [3.8, 4) is 0 Å². The molecule has 1 aliphatic heterocycles. The number of rotatable bonds is 4. The number of benzene rings is 1. The molecule has 0 N–H and O–H groups in total. The zero-order chi connectivity index (χ0) is 18.8. The quantitative estimate of drug-likeness (QED) is 0.809. The van der Waals surface area contributed by atoms with Gasteiger partial charge in [-0.15, -0.1) is 0 Å². The van der Waals surface area contributed by atoms with Gasteiger partial charge in [-0.05, 0) is 51.2 Å². The Morgan fingerprint density at radius 1 is 0.889 bits per heavy atom. The number of Topliss-reactive ketones (excluding diaryl/α,β-unsaturated/α-hetero) is 3. The normalized spacial score (nSPS) is 23.9. The number of carbonyl (C=O) groups excluding carboxylic acids is 3. The van der Waals surface area contributed by atoms with Crippen molar-refractivity contribution in [3.63, 3.8) is 0 Å². The molecular formula is C23H27NO3. The first kappa shape index (κ1) is 18.3. The lowest BCUT2D eigenvalue weighted by Crippen LogP contribution is -2.33. The lowest BCUT2D eigenvalue weighted by molar-refractivity contribution is -0.119. The van der Waals surface area contributed by atoms with E-state index in [1.165, 1.54) is 25.7 Å². The smallest absolute Gasteiger partial charge is 0.190 e. The number of hydrogen-bond donors (Lipinski definition) is 0. The number of ketones is 3. The molecule has 0 aromatic heterocycles. The first-order valence-electron chi connectivity index (χ1n) is 10.3. The average molecular weight is 365 g/mol. The fraction of sp³-hybridized carbons (Fsp3) is 0.522. The maximum atomic E-state index is 13.1. The van der Waals surface area contributed by atoms with Gasteiger partial charge in [-0.2, -0.15) is 0 Å². The average Bonchev–Trinajstić information content (AvgIpc) is 2.94. The van der Waals surface area contributed by atoms with Crippen molar-refractivity contribution in [1.29, 1.82) is 0 Å². The molecule has 4 rings (SSSR count). The van der Waals surface area contributed by atoms with Crippen LogP contribution in [0.25, 0.3) is 0 Å². The molecule has 1 fully saturated rings. The summed E-state index contributed by atoms with van der Waals surface area (Å²) in [7, 11) is 0. The van der Waals surface area contributed by atoms with Gasteiger partial charge in [-0.3, -0.25) is 14.4 Å². The van der Waals surface area contributed by atoms with Gasteiger partial charge in [0.1, 0.15) is 5.78 Å². The maximum absolute atomic E-state index is 13.1. The van der Waals surface area contributed by atoms with Gasteiger partial charge in [0.15, 0.2) is 11.6 Å². The van der Waals surface area contributed by atoms with Gasteiger partial charge in [-0.25, -0.2) is 0 Å². The van der Waals surface area contributed by atoms with E-state index >= 15 is 0 Å². The van der Waals surface area contributed by atoms with Gasteiger partial charge < -0.3 is 4.90 Å². The van der Waals surface area contributed by atoms with Crippen LogP contribution in [0.15, 0.2) is 35.4 Å². The van der Waals surface area contributed by atoms with Crippen LogP contribution in [0.1, 0.15) is 72.1 Å². The molecule has 3 aliphatic rings. The van der Waals surface area contributed by atoms with E-state index in [0.717, 1.165) is 32.5 Å². The number of allylic oxidation sites excluding steroid dienone is 2. The number of carbonyl (C=O) groups is 3. The Kier molecular flexibility index (Phi) is 5.35. The molecule has 0 spiro atoms. The third-order valence-electron chi connectivity index (χ3n) is 6.24. The second-order valence-electron chi connectivity index (χ2n) is 8.11. The first-order chi connectivity index (χ1) is 13.1. The van der Waals surface area contributed by atoms with E-state index in [0.29, 0.717) is 28.7 Å². The SMILES string of the molecule is O=C1CC2=C(C(=O)c3ccccc3C2=O)C(CCCN2CCCCCC2)C1. The standard InChI is InChI=1S/C23H27NO3/c25-17-14-16(8-7-13-24-11-5-1-2-6-12-24)21-20(15-17)22(26)18-9-3-4-10-19(18)23(21)27/h3-4,9-10,16H,1-2,5-8,11-15H2. The zero-order valence-corrected chi connectivity index (χ0v) is 15.8. The largest absolute Gasteiger partial charge is 0.303 e. The Balaban J connectivity index is 1.51. The van der Waals surface area contributed by atoms with E-state index in [-0.39, 0.29) is 29.7 Å². The summed E-state index contributed by atoms with van der Waals surface area (Å²) in [6.07, 6.45) is 7.47. The van der Waals surface area contributed by atoms with Crippen LogP contribution in [0.2, 0.25) is 0 Å². The minimum absolute atomic E-state index is 0.0347. The highest BCUT2D eigenvalue weighted by atomic mass is 16.1. The third kappa shape index (κ3) is 3.68. The minimum Gasteiger partial charge on any atom is -0.303 e. The van der Waals surface area contributed by atoms with Gasteiger partial charge in [-0.1, -0.05) is 37.1 Å². The van der Waals surface area contributed by atoms with Crippen LogP contribution in [0, 0.1) is 5.92 Å². The van der Waals surface area contributed by atoms with Crippen LogP contribution in [-0.4, -0.2) is 41.9 Å². The first-order valence-corrected chi connectivity index (χ1v) is 10.3. The van der Waals surface area contributed by atoms with Gasteiger partial charge in [0.2, 0.25) is 0 Å². The van der Waals surface area contributed by atoms with Gasteiger partial charge in [0.25, 0.3) is 0 Å². The Labute approximate surface area is 160 Å². The van der Waals surface area contributed by atoms with Gasteiger partial charge in [0.05, 0.1) is 0 Å². The molecule has 0 radical (unpaired) electrons. The molecule has 1 saturated heterocycles. The molecule has 27 heavy (non-hydrogen) atoms. The summed E-state index contributed by atoms with van der Waals surface area (Å²) in [6.45, 7) is 3.33. The van der Waals surface area contributed by atoms with Crippen molar-refractivity contribution < 1.29 is 14.4 Å². The molecular weight excluding hydrogens is 338 g/mol. The number of fused-ring (bicyclic) bond motifs is 1. The van der Waals surface area contributed by atoms with E-state index < -0.39 is 0 Å².